The van der Waals surface area contributed by atoms with Crippen LogP contribution < -0.4 is 14.8 Å². The highest BCUT2D eigenvalue weighted by molar-refractivity contribution is 5.87. The Hall–Kier alpha value is -3.59. The van der Waals surface area contributed by atoms with Crippen LogP contribution in [-0.4, -0.2) is 22.5 Å². The first-order valence-corrected chi connectivity index (χ1v) is 8.33. The lowest BCUT2D eigenvalue weighted by Crippen LogP contribution is -2.18. The number of aromatic nitrogens is 1. The molecule has 3 aromatic rings. The molecule has 0 bridgehead atoms. The first kappa shape index (κ1) is 20.2. The van der Waals surface area contributed by atoms with Crippen molar-refractivity contribution in [3.63, 3.8) is 0 Å². The number of anilines is 1. The molecule has 1 amide bonds. The molecule has 1 heterocycles. The average molecular weight is 404 g/mol. The highest BCUT2D eigenvalue weighted by Gasteiger charge is 2.31. The van der Waals surface area contributed by atoms with Crippen molar-refractivity contribution in [2.45, 2.75) is 12.5 Å². The summed E-state index contributed by atoms with van der Waals surface area (Å²) in [5.74, 6) is -0.114. The largest absolute Gasteiger partial charge is 0.573 e. The number of para-hydroxylation sites is 1. The zero-order valence-corrected chi connectivity index (χ0v) is 14.8. The van der Waals surface area contributed by atoms with E-state index in [1.54, 1.807) is 24.3 Å². The second-order valence-electron chi connectivity index (χ2n) is 5.80. The monoisotopic (exact) mass is 404 g/mol. The van der Waals surface area contributed by atoms with E-state index in [4.69, 9.17) is 4.74 Å². The Labute approximate surface area is 163 Å². The van der Waals surface area contributed by atoms with Gasteiger partial charge in [0.2, 0.25) is 0 Å². The number of hydrogen-bond acceptors (Lipinski definition) is 5. The van der Waals surface area contributed by atoms with E-state index in [2.05, 4.69) is 15.0 Å². The molecular weight excluding hydrogens is 389 g/mol. The summed E-state index contributed by atoms with van der Waals surface area (Å²) < 4.78 is 45.7. The summed E-state index contributed by atoms with van der Waals surface area (Å²) in [4.78, 5) is 15.9. The number of halogens is 3. The molecule has 2 aromatic carbocycles. The summed E-state index contributed by atoms with van der Waals surface area (Å²) in [6.45, 7) is 0. The Bertz CT molecular complexity index is 963. The van der Waals surface area contributed by atoms with Crippen molar-refractivity contribution in [2.75, 3.05) is 5.32 Å². The Kier molecular flexibility index (Phi) is 5.99. The quantitative estimate of drug-likeness (QED) is 0.646. The summed E-state index contributed by atoms with van der Waals surface area (Å²) in [6, 6.07) is 14.3. The van der Waals surface area contributed by atoms with E-state index in [1.165, 1.54) is 36.7 Å². The van der Waals surface area contributed by atoms with Crippen molar-refractivity contribution in [3.8, 4) is 11.5 Å². The van der Waals surface area contributed by atoms with Gasteiger partial charge < -0.3 is 14.6 Å². The van der Waals surface area contributed by atoms with Crippen LogP contribution in [0.15, 0.2) is 73.1 Å². The van der Waals surface area contributed by atoms with Crippen LogP contribution in [0.5, 0.6) is 11.5 Å². The van der Waals surface area contributed by atoms with Crippen LogP contribution in [0, 0.1) is 0 Å². The maximum Gasteiger partial charge on any atom is 0.573 e. The topological polar surface area (TPSA) is 80.7 Å². The molecule has 1 aromatic heterocycles. The fourth-order valence-corrected chi connectivity index (χ4v) is 2.53. The molecule has 0 fully saturated rings. The van der Waals surface area contributed by atoms with E-state index in [0.29, 0.717) is 11.1 Å². The van der Waals surface area contributed by atoms with Crippen molar-refractivity contribution >= 4 is 11.8 Å². The molecule has 0 saturated heterocycles. The summed E-state index contributed by atoms with van der Waals surface area (Å²) in [5.41, 5.74) is 0.939. The van der Waals surface area contributed by atoms with Crippen molar-refractivity contribution < 1.29 is 32.5 Å². The molecule has 1 unspecified atom stereocenters. The lowest BCUT2D eigenvalue weighted by Gasteiger charge is -2.17. The molecule has 2 N–H and O–H groups in total. The van der Waals surface area contributed by atoms with E-state index in [-0.39, 0.29) is 11.4 Å². The lowest BCUT2D eigenvalue weighted by molar-refractivity contribution is -0.274. The molecular formula is C20H15F3N2O4. The summed E-state index contributed by atoms with van der Waals surface area (Å²) in [6.07, 6.45) is -3.85. The number of pyridine rings is 1. The van der Waals surface area contributed by atoms with E-state index < -0.39 is 24.3 Å². The maximum absolute atomic E-state index is 12.3. The third kappa shape index (κ3) is 5.69. The number of rotatable bonds is 5. The summed E-state index contributed by atoms with van der Waals surface area (Å²) >= 11 is 0. The minimum absolute atomic E-state index is 0.287. The van der Waals surface area contributed by atoms with Gasteiger partial charge in [0.25, 0.3) is 0 Å². The normalized spacial score (nSPS) is 12.1. The maximum atomic E-state index is 12.3. The van der Waals surface area contributed by atoms with Gasteiger partial charge in [0.05, 0.1) is 5.69 Å². The minimum Gasteiger partial charge on any atom is -0.410 e. The number of nitrogens with zero attached hydrogens (tertiary/aromatic N) is 1. The van der Waals surface area contributed by atoms with Gasteiger partial charge in [-0.2, -0.15) is 0 Å². The summed E-state index contributed by atoms with van der Waals surface area (Å²) in [7, 11) is 0. The smallest absolute Gasteiger partial charge is 0.410 e. The first-order valence-electron chi connectivity index (χ1n) is 8.33. The van der Waals surface area contributed by atoms with Gasteiger partial charge in [-0.05, 0) is 35.9 Å². The van der Waals surface area contributed by atoms with Gasteiger partial charge in [0.15, 0.2) is 0 Å². The Morgan fingerprint density at radius 3 is 2.28 bits per heavy atom. The first-order chi connectivity index (χ1) is 13.8. The third-order valence-corrected chi connectivity index (χ3v) is 3.78. The molecule has 0 radical (unpaired) electrons. The lowest BCUT2D eigenvalue weighted by atomic mass is 10.00. The molecule has 0 aliphatic carbocycles. The van der Waals surface area contributed by atoms with Gasteiger partial charge in [0.1, 0.15) is 17.6 Å². The molecule has 6 nitrogen and oxygen atoms in total. The number of ether oxygens (including phenoxy) is 2. The number of alkyl halides is 3. The van der Waals surface area contributed by atoms with E-state index in [9.17, 15) is 23.1 Å². The molecule has 0 saturated carbocycles. The second-order valence-corrected chi connectivity index (χ2v) is 5.80. The predicted octanol–water partition coefficient (Wildman–Crippen LogP) is 4.67. The number of aliphatic hydroxyl groups excluding tert-OH is 1. The molecule has 0 spiro atoms. The van der Waals surface area contributed by atoms with E-state index in [0.717, 1.165) is 12.1 Å². The highest BCUT2D eigenvalue weighted by atomic mass is 19.4. The number of hydrogen-bond donors (Lipinski definition) is 2. The molecule has 0 aliphatic rings. The predicted molar refractivity (Wildman–Crippen MR) is 97.5 cm³/mol. The fraction of sp³-hybridized carbons (Fsp3) is 0.100. The van der Waals surface area contributed by atoms with Crippen molar-refractivity contribution in [2.24, 2.45) is 0 Å². The number of nitrogens with one attached hydrogen (secondary N) is 1. The minimum atomic E-state index is -4.80. The Morgan fingerprint density at radius 1 is 0.966 bits per heavy atom. The van der Waals surface area contributed by atoms with Crippen molar-refractivity contribution in [1.82, 2.24) is 4.98 Å². The number of aliphatic hydroxyl groups is 1. The SMILES string of the molecule is O=C(Nc1ccccc1C(O)c1ccc(OC(F)(F)F)cc1)Oc1ccncc1. The molecule has 0 aliphatic heterocycles. The van der Waals surface area contributed by atoms with Gasteiger partial charge >= 0.3 is 12.5 Å². The van der Waals surface area contributed by atoms with Gasteiger partial charge in [-0.15, -0.1) is 13.2 Å². The van der Waals surface area contributed by atoms with Crippen molar-refractivity contribution in [1.29, 1.82) is 0 Å². The van der Waals surface area contributed by atoms with E-state index in [1.807, 2.05) is 0 Å². The van der Waals surface area contributed by atoms with Gasteiger partial charge in [-0.25, -0.2) is 4.79 Å². The molecule has 150 valence electrons. The second kappa shape index (κ2) is 8.61. The number of carbonyl (C=O) groups is 1. The van der Waals surface area contributed by atoms with Crippen LogP contribution in [0.4, 0.5) is 23.7 Å². The number of carbonyl (C=O) groups excluding carboxylic acids is 1. The molecule has 9 heteroatoms. The molecule has 29 heavy (non-hydrogen) atoms. The van der Waals surface area contributed by atoms with Gasteiger partial charge in [-0.1, -0.05) is 30.3 Å². The summed E-state index contributed by atoms with van der Waals surface area (Å²) in [5, 5.41) is 13.2. The standard InChI is InChI=1S/C20H15F3N2O4/c21-20(22,23)29-15-7-5-13(6-8-15)18(26)16-3-1-2-4-17(16)25-19(27)28-14-9-11-24-12-10-14/h1-12,18,26H,(H,25,27). The van der Waals surface area contributed by atoms with Crippen LogP contribution in [0.25, 0.3) is 0 Å². The van der Waals surface area contributed by atoms with Crippen molar-refractivity contribution in [3.05, 3.63) is 84.2 Å². The average Bonchev–Trinajstić information content (AvgIpc) is 2.68. The molecule has 3 rings (SSSR count). The van der Waals surface area contributed by atoms with Crippen LogP contribution >= 0.6 is 0 Å². The van der Waals surface area contributed by atoms with Gasteiger partial charge in [-0.3, -0.25) is 10.3 Å². The molecule has 1 atom stereocenters. The number of amides is 1. The van der Waals surface area contributed by atoms with Crippen LogP contribution in [0.3, 0.4) is 0 Å². The zero-order valence-electron chi connectivity index (χ0n) is 14.8. The Balaban J connectivity index is 1.74. The van der Waals surface area contributed by atoms with E-state index >= 15 is 0 Å². The zero-order chi connectivity index (χ0) is 20.9. The number of benzene rings is 2. The third-order valence-electron chi connectivity index (χ3n) is 3.78. The van der Waals surface area contributed by atoms with Gasteiger partial charge in [0, 0.05) is 18.0 Å². The van der Waals surface area contributed by atoms with Crippen LogP contribution in [0.1, 0.15) is 17.2 Å². The Morgan fingerprint density at radius 2 is 1.62 bits per heavy atom. The highest BCUT2D eigenvalue weighted by Crippen LogP contribution is 2.30. The van der Waals surface area contributed by atoms with Crippen LogP contribution in [-0.2, 0) is 0 Å². The fourth-order valence-electron chi connectivity index (χ4n) is 2.53. The van der Waals surface area contributed by atoms with Crippen LogP contribution in [0.2, 0.25) is 0 Å².